The van der Waals surface area contributed by atoms with E-state index in [0.29, 0.717) is 24.6 Å². The van der Waals surface area contributed by atoms with Crippen LogP contribution in [-0.4, -0.2) is 14.2 Å². The predicted molar refractivity (Wildman–Crippen MR) is 76.5 cm³/mol. The molecule has 4 heteroatoms. The molecule has 0 saturated heterocycles. The molecule has 0 aliphatic heterocycles. The van der Waals surface area contributed by atoms with Gasteiger partial charge in [0.15, 0.2) is 11.5 Å². The van der Waals surface area contributed by atoms with Crippen molar-refractivity contribution < 1.29 is 13.9 Å². The molecule has 2 aromatic carbocycles. The number of methoxy groups -OCH3 is 2. The van der Waals surface area contributed by atoms with Crippen LogP contribution in [0.3, 0.4) is 0 Å². The van der Waals surface area contributed by atoms with E-state index in [2.05, 4.69) is 5.32 Å². The third kappa shape index (κ3) is 3.71. The fourth-order valence-corrected chi connectivity index (χ4v) is 1.99. The Morgan fingerprint density at radius 2 is 1.60 bits per heavy atom. The molecule has 3 nitrogen and oxygen atoms in total. The van der Waals surface area contributed by atoms with Gasteiger partial charge in [-0.1, -0.05) is 18.2 Å². The second-order valence-electron chi connectivity index (χ2n) is 4.42. The van der Waals surface area contributed by atoms with Gasteiger partial charge < -0.3 is 14.8 Å². The maximum atomic E-state index is 13.0. The number of halogens is 1. The molecule has 0 amide bonds. The summed E-state index contributed by atoms with van der Waals surface area (Å²) in [6, 6.07) is 12.3. The van der Waals surface area contributed by atoms with Gasteiger partial charge in [0.2, 0.25) is 0 Å². The van der Waals surface area contributed by atoms with Crippen molar-refractivity contribution in [2.45, 2.75) is 13.1 Å². The molecule has 2 rings (SSSR count). The summed E-state index contributed by atoms with van der Waals surface area (Å²) in [7, 11) is 3.22. The summed E-state index contributed by atoms with van der Waals surface area (Å²) in [4.78, 5) is 0. The Balaban J connectivity index is 1.94. The van der Waals surface area contributed by atoms with Crippen LogP contribution in [0.4, 0.5) is 4.39 Å². The zero-order chi connectivity index (χ0) is 14.4. The maximum Gasteiger partial charge on any atom is 0.161 e. The van der Waals surface area contributed by atoms with Gasteiger partial charge in [-0.3, -0.25) is 0 Å². The van der Waals surface area contributed by atoms with Crippen molar-refractivity contribution in [3.8, 4) is 11.5 Å². The molecule has 2 aromatic rings. The molecule has 20 heavy (non-hydrogen) atoms. The van der Waals surface area contributed by atoms with Crippen LogP contribution in [0.2, 0.25) is 0 Å². The molecule has 0 atom stereocenters. The molecule has 0 fully saturated rings. The van der Waals surface area contributed by atoms with Gasteiger partial charge in [0.1, 0.15) is 5.82 Å². The molecule has 0 unspecified atom stereocenters. The van der Waals surface area contributed by atoms with Gasteiger partial charge in [0.05, 0.1) is 14.2 Å². The molecule has 1 N–H and O–H groups in total. The van der Waals surface area contributed by atoms with Crippen LogP contribution < -0.4 is 14.8 Å². The van der Waals surface area contributed by atoms with Gasteiger partial charge in [0.25, 0.3) is 0 Å². The number of hydrogen-bond acceptors (Lipinski definition) is 3. The highest BCUT2D eigenvalue weighted by Crippen LogP contribution is 2.27. The average Bonchev–Trinajstić information content (AvgIpc) is 2.47. The maximum absolute atomic E-state index is 13.0. The van der Waals surface area contributed by atoms with E-state index >= 15 is 0 Å². The Morgan fingerprint density at radius 3 is 2.25 bits per heavy atom. The predicted octanol–water partition coefficient (Wildman–Crippen LogP) is 3.13. The van der Waals surface area contributed by atoms with Crippen molar-refractivity contribution in [3.05, 3.63) is 59.4 Å². The quantitative estimate of drug-likeness (QED) is 0.878. The van der Waals surface area contributed by atoms with Gasteiger partial charge in [-0.05, 0) is 35.4 Å². The molecule has 0 saturated carbocycles. The highest BCUT2D eigenvalue weighted by atomic mass is 19.1. The molecule has 0 heterocycles. The number of benzene rings is 2. The van der Waals surface area contributed by atoms with Crippen LogP contribution in [0, 0.1) is 5.82 Å². The van der Waals surface area contributed by atoms with Gasteiger partial charge in [-0.2, -0.15) is 0 Å². The summed E-state index contributed by atoms with van der Waals surface area (Å²) in [6.07, 6.45) is 0. The fraction of sp³-hybridized carbons (Fsp3) is 0.250. The van der Waals surface area contributed by atoms with E-state index in [1.807, 2.05) is 24.3 Å². The zero-order valence-electron chi connectivity index (χ0n) is 11.7. The molecule has 0 radical (unpaired) electrons. The van der Waals surface area contributed by atoms with Crippen LogP contribution in [0.1, 0.15) is 11.1 Å². The Kier molecular flexibility index (Phi) is 4.96. The summed E-state index contributed by atoms with van der Waals surface area (Å²) < 4.78 is 23.5. The summed E-state index contributed by atoms with van der Waals surface area (Å²) >= 11 is 0. The smallest absolute Gasteiger partial charge is 0.161 e. The van der Waals surface area contributed by atoms with Crippen molar-refractivity contribution in [2.24, 2.45) is 0 Å². The van der Waals surface area contributed by atoms with Crippen LogP contribution >= 0.6 is 0 Å². The number of rotatable bonds is 6. The second-order valence-corrected chi connectivity index (χ2v) is 4.42. The standard InChI is InChI=1S/C16H18FNO2/c1-19-15-7-6-13(9-16(15)20-2)11-18-10-12-4-3-5-14(17)8-12/h3-9,18H,10-11H2,1-2H3. The lowest BCUT2D eigenvalue weighted by atomic mass is 10.2. The molecule has 0 aliphatic rings. The summed E-state index contributed by atoms with van der Waals surface area (Å²) in [5.41, 5.74) is 2.00. The average molecular weight is 275 g/mol. The molecule has 0 bridgehead atoms. The molecule has 0 spiro atoms. The van der Waals surface area contributed by atoms with Crippen molar-refractivity contribution in [2.75, 3.05) is 14.2 Å². The van der Waals surface area contributed by atoms with E-state index in [9.17, 15) is 4.39 Å². The first kappa shape index (κ1) is 14.3. The normalized spacial score (nSPS) is 10.3. The minimum absolute atomic E-state index is 0.213. The third-order valence-electron chi connectivity index (χ3n) is 3.00. The summed E-state index contributed by atoms with van der Waals surface area (Å²) in [5.74, 6) is 1.20. The molecule has 0 aromatic heterocycles. The van der Waals surface area contributed by atoms with Crippen molar-refractivity contribution in [1.29, 1.82) is 0 Å². The first-order valence-corrected chi connectivity index (χ1v) is 6.39. The first-order valence-electron chi connectivity index (χ1n) is 6.39. The Morgan fingerprint density at radius 1 is 0.900 bits per heavy atom. The summed E-state index contributed by atoms with van der Waals surface area (Å²) in [6.45, 7) is 1.29. The van der Waals surface area contributed by atoms with Gasteiger partial charge >= 0.3 is 0 Å². The van der Waals surface area contributed by atoms with Crippen LogP contribution in [0.5, 0.6) is 11.5 Å². The van der Waals surface area contributed by atoms with E-state index < -0.39 is 0 Å². The SMILES string of the molecule is COc1ccc(CNCc2cccc(F)c2)cc1OC. The number of hydrogen-bond donors (Lipinski definition) is 1. The third-order valence-corrected chi connectivity index (χ3v) is 3.00. The second kappa shape index (κ2) is 6.91. The summed E-state index contributed by atoms with van der Waals surface area (Å²) in [5, 5.41) is 3.27. The fourth-order valence-electron chi connectivity index (χ4n) is 1.99. The Bertz CT molecular complexity index is 572. The van der Waals surface area contributed by atoms with E-state index in [-0.39, 0.29) is 5.82 Å². The minimum Gasteiger partial charge on any atom is -0.493 e. The first-order chi connectivity index (χ1) is 9.72. The molecule has 0 aliphatic carbocycles. The number of nitrogens with one attached hydrogen (secondary N) is 1. The Labute approximate surface area is 118 Å². The van der Waals surface area contributed by atoms with Crippen LogP contribution in [-0.2, 0) is 13.1 Å². The lowest BCUT2D eigenvalue weighted by molar-refractivity contribution is 0.354. The van der Waals surface area contributed by atoms with E-state index in [4.69, 9.17) is 9.47 Å². The largest absolute Gasteiger partial charge is 0.493 e. The molecular weight excluding hydrogens is 257 g/mol. The highest BCUT2D eigenvalue weighted by Gasteiger charge is 2.04. The number of ether oxygens (including phenoxy) is 2. The van der Waals surface area contributed by atoms with Crippen molar-refractivity contribution in [1.82, 2.24) is 5.32 Å². The van der Waals surface area contributed by atoms with Gasteiger partial charge in [-0.25, -0.2) is 4.39 Å². The lowest BCUT2D eigenvalue weighted by Gasteiger charge is -2.10. The lowest BCUT2D eigenvalue weighted by Crippen LogP contribution is -2.12. The Hall–Kier alpha value is -2.07. The van der Waals surface area contributed by atoms with Crippen LogP contribution in [0.25, 0.3) is 0 Å². The van der Waals surface area contributed by atoms with Gasteiger partial charge in [0, 0.05) is 13.1 Å². The monoisotopic (exact) mass is 275 g/mol. The molecular formula is C16H18FNO2. The highest BCUT2D eigenvalue weighted by molar-refractivity contribution is 5.42. The van der Waals surface area contributed by atoms with E-state index in [1.165, 1.54) is 12.1 Å². The van der Waals surface area contributed by atoms with Crippen molar-refractivity contribution >= 4 is 0 Å². The minimum atomic E-state index is -0.213. The van der Waals surface area contributed by atoms with Gasteiger partial charge in [-0.15, -0.1) is 0 Å². The van der Waals surface area contributed by atoms with E-state index in [1.54, 1.807) is 20.3 Å². The van der Waals surface area contributed by atoms with E-state index in [0.717, 1.165) is 11.1 Å². The van der Waals surface area contributed by atoms with Crippen LogP contribution in [0.15, 0.2) is 42.5 Å². The van der Waals surface area contributed by atoms with Crippen molar-refractivity contribution in [3.63, 3.8) is 0 Å². The topological polar surface area (TPSA) is 30.5 Å². The molecule has 106 valence electrons. The zero-order valence-corrected chi connectivity index (χ0v) is 11.7.